The molecule has 31 heavy (non-hydrogen) atoms. The van der Waals surface area contributed by atoms with Crippen molar-refractivity contribution in [1.82, 2.24) is 4.31 Å². The van der Waals surface area contributed by atoms with E-state index in [1.54, 1.807) is 38.1 Å². The van der Waals surface area contributed by atoms with Gasteiger partial charge in [0.15, 0.2) is 0 Å². The number of benzene rings is 2. The Morgan fingerprint density at radius 3 is 2.03 bits per heavy atom. The molecule has 2 amide bonds. The Hall–Kier alpha value is -2.03. The van der Waals surface area contributed by atoms with E-state index in [9.17, 15) is 18.0 Å². The van der Waals surface area contributed by atoms with Gasteiger partial charge < -0.3 is 0 Å². The summed E-state index contributed by atoms with van der Waals surface area (Å²) in [5.74, 6) is -0.866. The van der Waals surface area contributed by atoms with Gasteiger partial charge in [0.25, 0.3) is 5.91 Å². The van der Waals surface area contributed by atoms with Crippen molar-refractivity contribution in [2.75, 3.05) is 4.90 Å². The molecule has 1 saturated carbocycles. The number of carbonyl (C=O) groups excluding carboxylic acids is 2. The summed E-state index contributed by atoms with van der Waals surface area (Å²) in [7, 11) is -3.97. The number of anilines is 1. The molecule has 1 heterocycles. The lowest BCUT2D eigenvalue weighted by Crippen LogP contribution is -2.47. The van der Waals surface area contributed by atoms with Crippen LogP contribution in [0.5, 0.6) is 0 Å². The highest BCUT2D eigenvalue weighted by Crippen LogP contribution is 2.40. The van der Waals surface area contributed by atoms with Gasteiger partial charge >= 0.3 is 0 Å². The molecule has 1 unspecified atom stereocenters. The van der Waals surface area contributed by atoms with Gasteiger partial charge in [0, 0.05) is 10.5 Å². The smallest absolute Gasteiger partial charge is 0.252 e. The molecule has 1 aliphatic carbocycles. The molecule has 2 aromatic carbocycles. The first-order valence-electron chi connectivity index (χ1n) is 10.3. The maximum atomic E-state index is 13.9. The van der Waals surface area contributed by atoms with Crippen LogP contribution >= 0.6 is 15.9 Å². The van der Waals surface area contributed by atoms with Crippen molar-refractivity contribution >= 4 is 43.5 Å². The second-order valence-electron chi connectivity index (χ2n) is 8.42. The first-order chi connectivity index (χ1) is 14.5. The van der Waals surface area contributed by atoms with E-state index in [1.165, 1.54) is 4.31 Å². The number of imide groups is 1. The van der Waals surface area contributed by atoms with Crippen molar-refractivity contribution in [2.45, 2.75) is 63.9 Å². The summed E-state index contributed by atoms with van der Waals surface area (Å²) in [5.41, 5.74) is 3.61. The maximum absolute atomic E-state index is 13.9. The average molecular weight is 505 g/mol. The first kappa shape index (κ1) is 22.2. The second kappa shape index (κ2) is 7.83. The Kier molecular flexibility index (Phi) is 5.60. The molecular formula is C23H25BrN2O4S. The van der Waals surface area contributed by atoms with Crippen LogP contribution in [0.15, 0.2) is 39.7 Å². The maximum Gasteiger partial charge on any atom is 0.252 e. The second-order valence-corrected chi connectivity index (χ2v) is 11.1. The van der Waals surface area contributed by atoms with E-state index >= 15 is 0 Å². The van der Waals surface area contributed by atoms with Crippen molar-refractivity contribution in [1.29, 1.82) is 0 Å². The molecular weight excluding hydrogens is 480 g/mol. The number of aryl methyl sites for hydroxylation is 2. The predicted molar refractivity (Wildman–Crippen MR) is 122 cm³/mol. The quantitative estimate of drug-likeness (QED) is 0.572. The van der Waals surface area contributed by atoms with Crippen LogP contribution in [0.4, 0.5) is 5.69 Å². The highest BCUT2D eigenvalue weighted by Gasteiger charge is 2.52. The first-order valence-corrected chi connectivity index (χ1v) is 12.5. The molecule has 1 aliphatic heterocycles. The van der Waals surface area contributed by atoms with Crippen LogP contribution in [0.2, 0.25) is 0 Å². The van der Waals surface area contributed by atoms with Crippen LogP contribution in [0, 0.1) is 27.7 Å². The van der Waals surface area contributed by atoms with Gasteiger partial charge in [-0.15, -0.1) is 0 Å². The number of amides is 2. The third kappa shape index (κ3) is 3.75. The van der Waals surface area contributed by atoms with E-state index in [2.05, 4.69) is 15.9 Å². The minimum absolute atomic E-state index is 0.145. The third-order valence-corrected chi connectivity index (χ3v) is 9.02. The summed E-state index contributed by atoms with van der Waals surface area (Å²) >= 11 is 3.35. The largest absolute Gasteiger partial charge is 0.274 e. The van der Waals surface area contributed by atoms with E-state index in [0.717, 1.165) is 20.5 Å². The Bertz CT molecular complexity index is 1160. The molecule has 0 bridgehead atoms. The highest BCUT2D eigenvalue weighted by atomic mass is 79.9. The standard InChI is InChI=1S/C23H25BrN2O4S/c1-13-11-14(2)16(4)22(15(13)3)31(29,30)26(19-9-10-19)20-12-21(27)25(23(20)28)18-7-5-17(24)6-8-18/h5-8,11,19-20H,9-10,12H2,1-4H3. The zero-order valence-electron chi connectivity index (χ0n) is 18.0. The van der Waals surface area contributed by atoms with Gasteiger partial charge in [-0.3, -0.25) is 9.59 Å². The van der Waals surface area contributed by atoms with Crippen LogP contribution in [-0.4, -0.2) is 36.6 Å². The van der Waals surface area contributed by atoms with Crippen molar-refractivity contribution in [3.8, 4) is 0 Å². The van der Waals surface area contributed by atoms with E-state index in [1.807, 2.05) is 19.9 Å². The van der Waals surface area contributed by atoms with E-state index in [4.69, 9.17) is 0 Å². The number of carbonyl (C=O) groups is 2. The third-order valence-electron chi connectivity index (χ3n) is 6.25. The lowest BCUT2D eigenvalue weighted by molar-refractivity contribution is -0.122. The van der Waals surface area contributed by atoms with Gasteiger partial charge in [-0.25, -0.2) is 13.3 Å². The van der Waals surface area contributed by atoms with Crippen molar-refractivity contribution in [3.05, 3.63) is 57.1 Å². The van der Waals surface area contributed by atoms with Gasteiger partial charge in [-0.05, 0) is 87.1 Å². The van der Waals surface area contributed by atoms with Crippen LogP contribution < -0.4 is 4.90 Å². The van der Waals surface area contributed by atoms with Crippen molar-refractivity contribution in [3.63, 3.8) is 0 Å². The normalized spacial score (nSPS) is 19.5. The summed E-state index contributed by atoms with van der Waals surface area (Å²) in [5, 5.41) is 0. The van der Waals surface area contributed by atoms with Gasteiger partial charge in [0.1, 0.15) is 6.04 Å². The monoisotopic (exact) mass is 504 g/mol. The Morgan fingerprint density at radius 2 is 1.52 bits per heavy atom. The molecule has 2 aliphatic rings. The van der Waals surface area contributed by atoms with Crippen molar-refractivity contribution < 1.29 is 18.0 Å². The number of rotatable bonds is 5. The fourth-order valence-corrected chi connectivity index (χ4v) is 6.97. The number of nitrogens with zero attached hydrogens (tertiary/aromatic N) is 2. The molecule has 0 radical (unpaired) electrons. The summed E-state index contributed by atoms with van der Waals surface area (Å²) in [6.45, 7) is 7.38. The highest BCUT2D eigenvalue weighted by molar-refractivity contribution is 9.10. The number of hydrogen-bond acceptors (Lipinski definition) is 4. The molecule has 6 nitrogen and oxygen atoms in total. The van der Waals surface area contributed by atoms with E-state index in [0.29, 0.717) is 29.7 Å². The molecule has 8 heteroatoms. The van der Waals surface area contributed by atoms with Gasteiger partial charge in [0.2, 0.25) is 15.9 Å². The van der Waals surface area contributed by atoms with E-state index < -0.39 is 22.0 Å². The Balaban J connectivity index is 1.78. The molecule has 2 aromatic rings. The summed E-state index contributed by atoms with van der Waals surface area (Å²) < 4.78 is 30.0. The fraction of sp³-hybridized carbons (Fsp3) is 0.391. The summed E-state index contributed by atoms with van der Waals surface area (Å²) in [6, 6.07) is 7.56. The van der Waals surface area contributed by atoms with Gasteiger partial charge in [0.05, 0.1) is 17.0 Å². The zero-order chi connectivity index (χ0) is 22.7. The lowest BCUT2D eigenvalue weighted by atomic mass is 10.0. The molecule has 1 atom stereocenters. The SMILES string of the molecule is Cc1cc(C)c(C)c(S(=O)(=O)N(C2CC2)C2CC(=O)N(c3ccc(Br)cc3)C2=O)c1C. The van der Waals surface area contributed by atoms with Crippen LogP contribution in [0.1, 0.15) is 41.5 Å². The predicted octanol–water partition coefficient (Wildman–Crippen LogP) is 4.17. The molecule has 1 saturated heterocycles. The fourth-order valence-electron chi connectivity index (χ4n) is 4.30. The lowest BCUT2D eigenvalue weighted by Gasteiger charge is -2.29. The van der Waals surface area contributed by atoms with Crippen molar-refractivity contribution in [2.24, 2.45) is 0 Å². The summed E-state index contributed by atoms with van der Waals surface area (Å²) in [6.07, 6.45) is 1.24. The Morgan fingerprint density at radius 1 is 0.968 bits per heavy atom. The number of halogens is 1. The van der Waals surface area contributed by atoms with Gasteiger partial charge in [-0.1, -0.05) is 22.0 Å². The average Bonchev–Trinajstić information content (AvgIpc) is 3.47. The van der Waals surface area contributed by atoms with Crippen LogP contribution in [0.25, 0.3) is 0 Å². The van der Waals surface area contributed by atoms with Crippen LogP contribution in [-0.2, 0) is 19.6 Å². The molecule has 164 valence electrons. The number of sulfonamides is 1. The van der Waals surface area contributed by atoms with Gasteiger partial charge in [-0.2, -0.15) is 4.31 Å². The van der Waals surface area contributed by atoms with Crippen LogP contribution in [0.3, 0.4) is 0 Å². The number of hydrogen-bond donors (Lipinski definition) is 0. The topological polar surface area (TPSA) is 74.8 Å². The molecule has 0 spiro atoms. The molecule has 2 fully saturated rings. The molecule has 4 rings (SSSR count). The zero-order valence-corrected chi connectivity index (χ0v) is 20.4. The molecule has 0 aromatic heterocycles. The molecule has 0 N–H and O–H groups in total. The van der Waals surface area contributed by atoms with E-state index in [-0.39, 0.29) is 23.3 Å². The minimum Gasteiger partial charge on any atom is -0.274 e. The Labute approximate surface area is 191 Å². The summed E-state index contributed by atoms with van der Waals surface area (Å²) in [4.78, 5) is 27.5. The minimum atomic E-state index is -3.97.